The molecule has 6 heteroatoms. The number of nitrogens with one attached hydrogen (secondary N) is 1. The number of thiophene rings is 1. The van der Waals surface area contributed by atoms with E-state index in [1.165, 1.54) is 54.9 Å². The van der Waals surface area contributed by atoms with E-state index in [0.717, 1.165) is 17.1 Å². The van der Waals surface area contributed by atoms with Crippen LogP contribution in [0.5, 0.6) is 0 Å². The number of primary amides is 1. The summed E-state index contributed by atoms with van der Waals surface area (Å²) in [4.78, 5) is 20.9. The van der Waals surface area contributed by atoms with Crippen molar-refractivity contribution in [1.29, 1.82) is 0 Å². The summed E-state index contributed by atoms with van der Waals surface area (Å²) in [6.07, 6.45) is 8.97. The van der Waals surface area contributed by atoms with Crippen LogP contribution in [0.3, 0.4) is 0 Å². The Labute approximate surface area is 141 Å². The quantitative estimate of drug-likeness (QED) is 0.874. The van der Waals surface area contributed by atoms with Gasteiger partial charge >= 0.3 is 0 Å². The number of amides is 1. The van der Waals surface area contributed by atoms with E-state index in [0.29, 0.717) is 6.04 Å². The zero-order valence-corrected chi connectivity index (χ0v) is 15.0. The summed E-state index contributed by atoms with van der Waals surface area (Å²) < 4.78 is 0. The van der Waals surface area contributed by atoms with Crippen molar-refractivity contribution in [2.24, 2.45) is 5.73 Å². The lowest BCUT2D eigenvalue weighted by Crippen LogP contribution is -2.19. The van der Waals surface area contributed by atoms with Crippen LogP contribution in [0.1, 0.15) is 56.9 Å². The van der Waals surface area contributed by atoms with Crippen molar-refractivity contribution in [3.63, 3.8) is 0 Å². The van der Waals surface area contributed by atoms with Crippen molar-refractivity contribution in [3.8, 4) is 0 Å². The molecule has 3 N–H and O–H groups in total. The van der Waals surface area contributed by atoms with Crippen LogP contribution in [0.2, 0.25) is 0 Å². The molecule has 1 aliphatic rings. The van der Waals surface area contributed by atoms with Gasteiger partial charge in [0, 0.05) is 17.8 Å². The fourth-order valence-corrected chi connectivity index (χ4v) is 4.19. The molecule has 2 heterocycles. The SMILES string of the molecule is CC(N)=O.CCCC(CC)Nc1ncnc2sc3c(c12)CCC3. The molecule has 1 atom stereocenters. The summed E-state index contributed by atoms with van der Waals surface area (Å²) in [5, 5.41) is 4.94. The summed E-state index contributed by atoms with van der Waals surface area (Å²) >= 11 is 1.86. The van der Waals surface area contributed by atoms with Crippen LogP contribution < -0.4 is 11.1 Å². The molecule has 0 spiro atoms. The number of carbonyl (C=O) groups excluding carboxylic acids is 1. The normalized spacial score (nSPS) is 14.0. The van der Waals surface area contributed by atoms with Gasteiger partial charge in [0.25, 0.3) is 0 Å². The largest absolute Gasteiger partial charge is 0.370 e. The first-order chi connectivity index (χ1) is 11.1. The maximum atomic E-state index is 9.22. The van der Waals surface area contributed by atoms with Crippen molar-refractivity contribution >= 4 is 33.3 Å². The topological polar surface area (TPSA) is 80.9 Å². The van der Waals surface area contributed by atoms with E-state index in [1.54, 1.807) is 6.33 Å². The Bertz CT molecular complexity index is 664. The Hall–Kier alpha value is -1.69. The summed E-state index contributed by atoms with van der Waals surface area (Å²) in [5.41, 5.74) is 5.98. The molecule has 126 valence electrons. The molecule has 0 saturated carbocycles. The van der Waals surface area contributed by atoms with Crippen molar-refractivity contribution in [3.05, 3.63) is 16.8 Å². The lowest BCUT2D eigenvalue weighted by atomic mass is 10.1. The van der Waals surface area contributed by atoms with Gasteiger partial charge in [-0.3, -0.25) is 4.79 Å². The van der Waals surface area contributed by atoms with E-state index in [2.05, 4.69) is 34.9 Å². The highest BCUT2D eigenvalue weighted by Gasteiger charge is 2.21. The van der Waals surface area contributed by atoms with E-state index in [9.17, 15) is 4.79 Å². The van der Waals surface area contributed by atoms with Gasteiger partial charge in [0.2, 0.25) is 5.91 Å². The van der Waals surface area contributed by atoms with Crippen molar-refractivity contribution in [2.75, 3.05) is 5.32 Å². The van der Waals surface area contributed by atoms with Crippen LogP contribution in [-0.4, -0.2) is 21.9 Å². The molecular formula is C17H26N4OS. The third-order valence-corrected chi connectivity index (χ3v) is 5.17. The highest BCUT2D eigenvalue weighted by Crippen LogP contribution is 2.39. The monoisotopic (exact) mass is 334 g/mol. The minimum atomic E-state index is -0.333. The fourth-order valence-electron chi connectivity index (χ4n) is 2.96. The molecule has 5 nitrogen and oxygen atoms in total. The molecule has 2 aromatic rings. The highest BCUT2D eigenvalue weighted by atomic mass is 32.1. The van der Waals surface area contributed by atoms with Gasteiger partial charge in [-0.25, -0.2) is 9.97 Å². The fraction of sp³-hybridized carbons (Fsp3) is 0.588. The first-order valence-electron chi connectivity index (χ1n) is 8.34. The zero-order chi connectivity index (χ0) is 16.8. The highest BCUT2D eigenvalue weighted by molar-refractivity contribution is 7.19. The van der Waals surface area contributed by atoms with E-state index in [4.69, 9.17) is 0 Å². The lowest BCUT2D eigenvalue weighted by Gasteiger charge is -2.17. The lowest BCUT2D eigenvalue weighted by molar-refractivity contribution is -0.115. The van der Waals surface area contributed by atoms with E-state index < -0.39 is 0 Å². The van der Waals surface area contributed by atoms with E-state index >= 15 is 0 Å². The molecular weight excluding hydrogens is 308 g/mol. The van der Waals surface area contributed by atoms with Gasteiger partial charge in [-0.05, 0) is 37.7 Å². The smallest absolute Gasteiger partial charge is 0.214 e. The standard InChI is InChI=1S/C15H21N3S.C2H5NO/c1-3-6-10(4-2)18-14-13-11-7-5-8-12(11)19-15(13)17-9-16-14;1-2(3)4/h9-10H,3-8H2,1-2H3,(H,16,17,18);1H3,(H2,3,4). The number of rotatable bonds is 5. The van der Waals surface area contributed by atoms with Gasteiger partial charge in [-0.2, -0.15) is 0 Å². The first-order valence-corrected chi connectivity index (χ1v) is 9.16. The molecule has 0 saturated heterocycles. The Balaban J connectivity index is 0.000000433. The number of aryl methyl sites for hydroxylation is 2. The predicted octanol–water partition coefficient (Wildman–Crippen LogP) is 3.66. The molecule has 0 fully saturated rings. The maximum Gasteiger partial charge on any atom is 0.214 e. The number of carbonyl (C=O) groups is 1. The maximum absolute atomic E-state index is 9.22. The van der Waals surface area contributed by atoms with Crippen LogP contribution in [0.4, 0.5) is 5.82 Å². The van der Waals surface area contributed by atoms with Crippen LogP contribution in [0.15, 0.2) is 6.33 Å². The molecule has 1 unspecified atom stereocenters. The zero-order valence-electron chi connectivity index (χ0n) is 14.2. The molecule has 0 bridgehead atoms. The molecule has 0 aromatic carbocycles. The van der Waals surface area contributed by atoms with Gasteiger partial charge in [0.15, 0.2) is 0 Å². The van der Waals surface area contributed by atoms with Crippen LogP contribution >= 0.6 is 11.3 Å². The second kappa shape index (κ2) is 8.24. The summed E-state index contributed by atoms with van der Waals surface area (Å²) in [7, 11) is 0. The number of anilines is 1. The number of nitrogens with zero attached hydrogens (tertiary/aromatic N) is 2. The molecule has 0 aliphatic heterocycles. The van der Waals surface area contributed by atoms with Crippen LogP contribution in [-0.2, 0) is 17.6 Å². The molecule has 0 radical (unpaired) electrons. The number of aromatic nitrogens is 2. The minimum absolute atomic E-state index is 0.333. The van der Waals surface area contributed by atoms with Crippen LogP contribution in [0, 0.1) is 0 Å². The average molecular weight is 334 g/mol. The average Bonchev–Trinajstić information content (AvgIpc) is 3.06. The number of hydrogen-bond donors (Lipinski definition) is 2. The summed E-state index contributed by atoms with van der Waals surface area (Å²) in [6, 6.07) is 0.528. The number of hydrogen-bond acceptors (Lipinski definition) is 5. The molecule has 23 heavy (non-hydrogen) atoms. The van der Waals surface area contributed by atoms with Gasteiger partial charge in [-0.1, -0.05) is 20.3 Å². The molecule has 1 amide bonds. The Morgan fingerprint density at radius 3 is 2.78 bits per heavy atom. The number of fused-ring (bicyclic) bond motifs is 3. The summed E-state index contributed by atoms with van der Waals surface area (Å²) in [5.74, 6) is 0.727. The molecule has 1 aliphatic carbocycles. The minimum Gasteiger partial charge on any atom is -0.370 e. The van der Waals surface area contributed by atoms with Gasteiger partial charge in [-0.15, -0.1) is 11.3 Å². The second-order valence-corrected chi connectivity index (χ2v) is 6.99. The van der Waals surface area contributed by atoms with Gasteiger partial charge in [0.1, 0.15) is 17.0 Å². The van der Waals surface area contributed by atoms with Gasteiger partial charge < -0.3 is 11.1 Å². The Kier molecular flexibility index (Phi) is 6.33. The van der Waals surface area contributed by atoms with Crippen molar-refractivity contribution in [1.82, 2.24) is 9.97 Å². The van der Waals surface area contributed by atoms with E-state index in [-0.39, 0.29) is 5.91 Å². The van der Waals surface area contributed by atoms with E-state index in [1.807, 2.05) is 11.3 Å². The Morgan fingerprint density at radius 2 is 2.13 bits per heavy atom. The second-order valence-electron chi connectivity index (χ2n) is 5.91. The third kappa shape index (κ3) is 4.41. The van der Waals surface area contributed by atoms with Crippen molar-refractivity contribution < 1.29 is 4.79 Å². The summed E-state index contributed by atoms with van der Waals surface area (Å²) in [6.45, 7) is 5.78. The predicted molar refractivity (Wildman–Crippen MR) is 96.9 cm³/mol. The Morgan fingerprint density at radius 1 is 1.39 bits per heavy atom. The molecule has 3 rings (SSSR count). The molecule has 2 aromatic heterocycles. The third-order valence-electron chi connectivity index (χ3n) is 3.97. The van der Waals surface area contributed by atoms with Gasteiger partial charge in [0.05, 0.1) is 5.39 Å². The number of nitrogens with two attached hydrogens (primary N) is 1. The van der Waals surface area contributed by atoms with Crippen LogP contribution in [0.25, 0.3) is 10.2 Å². The van der Waals surface area contributed by atoms with Crippen molar-refractivity contribution in [2.45, 2.75) is 65.3 Å². The first kappa shape index (κ1) is 17.7.